The number of nitrogens with two attached hydrogens (primary N) is 1. The van der Waals surface area contributed by atoms with Gasteiger partial charge in [-0.25, -0.2) is 0 Å². The molecule has 3 heteroatoms. The zero-order chi connectivity index (χ0) is 12.8. The van der Waals surface area contributed by atoms with Gasteiger partial charge in [0.15, 0.2) is 0 Å². The Hall–Kier alpha value is -0.120. The average Bonchev–Trinajstić information content (AvgIpc) is 2.93. The van der Waals surface area contributed by atoms with E-state index in [1.807, 2.05) is 0 Å². The van der Waals surface area contributed by atoms with Crippen LogP contribution in [0.1, 0.15) is 45.4 Å². The van der Waals surface area contributed by atoms with Gasteiger partial charge in [0.2, 0.25) is 0 Å². The third-order valence-electron chi connectivity index (χ3n) is 4.82. The summed E-state index contributed by atoms with van der Waals surface area (Å²) in [7, 11) is 0. The Morgan fingerprint density at radius 1 is 1.11 bits per heavy atom. The van der Waals surface area contributed by atoms with Crippen molar-refractivity contribution in [2.24, 2.45) is 11.7 Å². The maximum absolute atomic E-state index is 5.66. The Bertz CT molecular complexity index is 218. The second-order valence-electron chi connectivity index (χ2n) is 6.30. The van der Waals surface area contributed by atoms with Crippen molar-refractivity contribution in [3.8, 4) is 0 Å². The molecule has 1 atom stereocenters. The van der Waals surface area contributed by atoms with Crippen molar-refractivity contribution in [3.63, 3.8) is 0 Å². The second kappa shape index (κ2) is 7.46. The van der Waals surface area contributed by atoms with E-state index < -0.39 is 0 Å². The Balaban J connectivity index is 1.58. The molecule has 1 heterocycles. The van der Waals surface area contributed by atoms with Crippen molar-refractivity contribution in [2.45, 2.75) is 51.5 Å². The minimum absolute atomic E-state index is 0.699. The van der Waals surface area contributed by atoms with Gasteiger partial charge in [-0.2, -0.15) is 0 Å². The van der Waals surface area contributed by atoms with Crippen LogP contribution in [0.4, 0.5) is 0 Å². The smallest absolute Gasteiger partial charge is 0.0113 e. The van der Waals surface area contributed by atoms with E-state index in [4.69, 9.17) is 5.73 Å². The summed E-state index contributed by atoms with van der Waals surface area (Å²) in [5.41, 5.74) is 5.66. The molecule has 3 nitrogen and oxygen atoms in total. The fourth-order valence-corrected chi connectivity index (χ4v) is 3.40. The Morgan fingerprint density at radius 2 is 1.78 bits per heavy atom. The molecular formula is C15H31N3. The molecule has 18 heavy (non-hydrogen) atoms. The van der Waals surface area contributed by atoms with E-state index in [9.17, 15) is 0 Å². The van der Waals surface area contributed by atoms with Crippen LogP contribution in [-0.4, -0.2) is 55.1 Å². The van der Waals surface area contributed by atoms with Gasteiger partial charge >= 0.3 is 0 Å². The summed E-state index contributed by atoms with van der Waals surface area (Å²) in [5, 5.41) is 0. The van der Waals surface area contributed by atoms with Crippen molar-refractivity contribution in [1.82, 2.24) is 9.80 Å². The van der Waals surface area contributed by atoms with Gasteiger partial charge in [-0.3, -0.25) is 4.90 Å². The number of piperazine rings is 1. The highest BCUT2D eigenvalue weighted by Crippen LogP contribution is 2.24. The molecule has 1 aliphatic heterocycles. The molecule has 1 aliphatic carbocycles. The van der Waals surface area contributed by atoms with Crippen LogP contribution in [0.15, 0.2) is 0 Å². The zero-order valence-electron chi connectivity index (χ0n) is 12.1. The third-order valence-corrected chi connectivity index (χ3v) is 4.82. The highest BCUT2D eigenvalue weighted by molar-refractivity contribution is 4.81. The number of hydrogen-bond acceptors (Lipinski definition) is 3. The average molecular weight is 253 g/mol. The molecule has 0 bridgehead atoms. The van der Waals surface area contributed by atoms with Gasteiger partial charge in [0.05, 0.1) is 0 Å². The van der Waals surface area contributed by atoms with E-state index in [1.165, 1.54) is 71.2 Å². The molecule has 1 saturated heterocycles. The molecule has 106 valence electrons. The predicted octanol–water partition coefficient (Wildman–Crippen LogP) is 1.92. The maximum Gasteiger partial charge on any atom is 0.0113 e. The first-order valence-corrected chi connectivity index (χ1v) is 7.96. The SMILES string of the molecule is CC(CN)CCCN1CCN(C2CCCC2)CC1. The van der Waals surface area contributed by atoms with Crippen molar-refractivity contribution >= 4 is 0 Å². The van der Waals surface area contributed by atoms with Crippen LogP contribution in [0.5, 0.6) is 0 Å². The lowest BCUT2D eigenvalue weighted by Crippen LogP contribution is -2.49. The first-order valence-electron chi connectivity index (χ1n) is 7.96. The molecule has 2 N–H and O–H groups in total. The molecule has 1 saturated carbocycles. The van der Waals surface area contributed by atoms with E-state index >= 15 is 0 Å². The lowest BCUT2D eigenvalue weighted by Gasteiger charge is -2.38. The fraction of sp³-hybridized carbons (Fsp3) is 1.00. The van der Waals surface area contributed by atoms with Crippen LogP contribution in [0.3, 0.4) is 0 Å². The molecule has 2 rings (SSSR count). The minimum atomic E-state index is 0.699. The van der Waals surface area contributed by atoms with Gasteiger partial charge < -0.3 is 10.6 Å². The molecule has 0 aromatic carbocycles. The third kappa shape index (κ3) is 4.22. The minimum Gasteiger partial charge on any atom is -0.330 e. The van der Waals surface area contributed by atoms with E-state index in [1.54, 1.807) is 0 Å². The van der Waals surface area contributed by atoms with Crippen LogP contribution in [0.2, 0.25) is 0 Å². The van der Waals surface area contributed by atoms with Gasteiger partial charge in [-0.1, -0.05) is 19.8 Å². The van der Waals surface area contributed by atoms with Gasteiger partial charge in [0.1, 0.15) is 0 Å². The molecule has 2 fully saturated rings. The monoisotopic (exact) mass is 253 g/mol. The van der Waals surface area contributed by atoms with E-state index in [0.29, 0.717) is 5.92 Å². The highest BCUT2D eigenvalue weighted by Gasteiger charge is 2.25. The maximum atomic E-state index is 5.66. The first kappa shape index (κ1) is 14.3. The Kier molecular flexibility index (Phi) is 5.93. The van der Waals surface area contributed by atoms with Crippen molar-refractivity contribution in [1.29, 1.82) is 0 Å². The Morgan fingerprint density at radius 3 is 2.39 bits per heavy atom. The van der Waals surface area contributed by atoms with E-state index in [2.05, 4.69) is 16.7 Å². The van der Waals surface area contributed by atoms with E-state index in [-0.39, 0.29) is 0 Å². The second-order valence-corrected chi connectivity index (χ2v) is 6.30. The van der Waals surface area contributed by atoms with E-state index in [0.717, 1.165) is 12.6 Å². The molecule has 2 aliphatic rings. The van der Waals surface area contributed by atoms with Crippen molar-refractivity contribution in [2.75, 3.05) is 39.3 Å². The lowest BCUT2D eigenvalue weighted by atomic mass is 10.1. The van der Waals surface area contributed by atoms with Gasteiger partial charge in [0, 0.05) is 32.2 Å². The van der Waals surface area contributed by atoms with Crippen molar-refractivity contribution in [3.05, 3.63) is 0 Å². The van der Waals surface area contributed by atoms with Crippen LogP contribution in [0.25, 0.3) is 0 Å². The molecular weight excluding hydrogens is 222 g/mol. The van der Waals surface area contributed by atoms with Crippen LogP contribution < -0.4 is 5.73 Å². The normalized spacial score (nSPS) is 25.7. The summed E-state index contributed by atoms with van der Waals surface area (Å²) in [6, 6.07) is 0.921. The fourth-order valence-electron chi connectivity index (χ4n) is 3.40. The van der Waals surface area contributed by atoms with Gasteiger partial charge in [0.25, 0.3) is 0 Å². The zero-order valence-corrected chi connectivity index (χ0v) is 12.1. The predicted molar refractivity (Wildman–Crippen MR) is 77.7 cm³/mol. The van der Waals surface area contributed by atoms with Gasteiger partial charge in [-0.15, -0.1) is 0 Å². The molecule has 1 unspecified atom stereocenters. The standard InChI is InChI=1S/C15H31N3/c1-14(13-16)5-4-8-17-9-11-18(12-10-17)15-6-2-3-7-15/h14-15H,2-13,16H2,1H3. The van der Waals surface area contributed by atoms with Crippen molar-refractivity contribution < 1.29 is 0 Å². The number of nitrogens with zero attached hydrogens (tertiary/aromatic N) is 2. The quantitative estimate of drug-likeness (QED) is 0.785. The topological polar surface area (TPSA) is 32.5 Å². The Labute approximate surface area is 113 Å². The molecule has 0 spiro atoms. The first-order chi connectivity index (χ1) is 8.79. The largest absolute Gasteiger partial charge is 0.330 e. The summed E-state index contributed by atoms with van der Waals surface area (Å²) >= 11 is 0. The molecule has 0 aromatic heterocycles. The summed E-state index contributed by atoms with van der Waals surface area (Å²) in [6.45, 7) is 9.56. The summed E-state index contributed by atoms with van der Waals surface area (Å²) in [5.74, 6) is 0.699. The van der Waals surface area contributed by atoms with Crippen LogP contribution in [-0.2, 0) is 0 Å². The summed E-state index contributed by atoms with van der Waals surface area (Å²) < 4.78 is 0. The van der Waals surface area contributed by atoms with Crippen LogP contribution >= 0.6 is 0 Å². The lowest BCUT2D eigenvalue weighted by molar-refractivity contribution is 0.0961. The molecule has 0 aromatic rings. The van der Waals surface area contributed by atoms with Gasteiger partial charge in [-0.05, 0) is 44.7 Å². The molecule has 0 amide bonds. The summed E-state index contributed by atoms with van der Waals surface area (Å²) in [4.78, 5) is 5.39. The highest BCUT2D eigenvalue weighted by atomic mass is 15.3. The number of rotatable bonds is 6. The molecule has 0 radical (unpaired) electrons. The van der Waals surface area contributed by atoms with Crippen LogP contribution in [0, 0.1) is 5.92 Å². The number of hydrogen-bond donors (Lipinski definition) is 1. The summed E-state index contributed by atoms with van der Waals surface area (Å²) in [6.07, 6.45) is 8.44.